The van der Waals surface area contributed by atoms with E-state index in [4.69, 9.17) is 0 Å². The highest BCUT2D eigenvalue weighted by atomic mass is 16.2. The molecule has 0 atom stereocenters. The van der Waals surface area contributed by atoms with Crippen LogP contribution in [0.1, 0.15) is 42.8 Å². The molecule has 0 saturated heterocycles. The van der Waals surface area contributed by atoms with Crippen LogP contribution < -0.4 is 0 Å². The minimum atomic E-state index is 0.171. The fourth-order valence-corrected chi connectivity index (χ4v) is 2.50. The summed E-state index contributed by atoms with van der Waals surface area (Å²) in [5.74, 6) is 0.171. The lowest BCUT2D eigenvalue weighted by Gasteiger charge is -2.26. The molecule has 0 aromatic carbocycles. The number of carbonyl (C=O) groups is 1. The number of hydrogen-bond donors (Lipinski definition) is 0. The van der Waals surface area contributed by atoms with Gasteiger partial charge in [-0.3, -0.25) is 9.48 Å². The van der Waals surface area contributed by atoms with Gasteiger partial charge in [0, 0.05) is 37.7 Å². The standard InChI is InChI=1S/C12H17N3O/c1-8-11-7-14(9(2)16)6-5-12(11)15(13-8)10-3-4-10/h10H,3-7H2,1-2H3. The maximum absolute atomic E-state index is 11.4. The number of aryl methyl sites for hydroxylation is 1. The average Bonchev–Trinajstić information content (AvgIpc) is 3.04. The van der Waals surface area contributed by atoms with Gasteiger partial charge in [-0.05, 0) is 19.8 Å². The van der Waals surface area contributed by atoms with Crippen LogP contribution >= 0.6 is 0 Å². The van der Waals surface area contributed by atoms with Gasteiger partial charge >= 0.3 is 0 Å². The summed E-state index contributed by atoms with van der Waals surface area (Å²) in [6.45, 7) is 5.30. The van der Waals surface area contributed by atoms with Crippen LogP contribution in [-0.2, 0) is 17.8 Å². The Kier molecular flexibility index (Phi) is 2.06. The molecule has 2 aliphatic rings. The van der Waals surface area contributed by atoms with E-state index in [9.17, 15) is 4.79 Å². The Morgan fingerprint density at radius 1 is 1.44 bits per heavy atom. The fraction of sp³-hybridized carbons (Fsp3) is 0.667. The molecular weight excluding hydrogens is 202 g/mol. The van der Waals surface area contributed by atoms with Crippen molar-refractivity contribution < 1.29 is 4.79 Å². The third kappa shape index (κ3) is 1.44. The molecule has 1 aromatic heterocycles. The minimum absolute atomic E-state index is 0.171. The van der Waals surface area contributed by atoms with Crippen molar-refractivity contribution in [3.8, 4) is 0 Å². The monoisotopic (exact) mass is 219 g/mol. The zero-order valence-corrected chi connectivity index (χ0v) is 9.86. The summed E-state index contributed by atoms with van der Waals surface area (Å²) in [6.07, 6.45) is 3.50. The molecule has 1 aromatic rings. The van der Waals surface area contributed by atoms with E-state index < -0.39 is 0 Å². The van der Waals surface area contributed by atoms with Crippen LogP contribution in [0.3, 0.4) is 0 Å². The van der Waals surface area contributed by atoms with Crippen LogP contribution in [0, 0.1) is 6.92 Å². The molecule has 0 N–H and O–H groups in total. The van der Waals surface area contributed by atoms with Crippen LogP contribution in [0.2, 0.25) is 0 Å². The molecule has 0 radical (unpaired) electrons. The number of hydrogen-bond acceptors (Lipinski definition) is 2. The fourth-order valence-electron chi connectivity index (χ4n) is 2.50. The molecule has 1 saturated carbocycles. The number of nitrogens with zero attached hydrogens (tertiary/aromatic N) is 3. The molecule has 0 unspecified atom stereocenters. The van der Waals surface area contributed by atoms with Crippen LogP contribution in [-0.4, -0.2) is 27.1 Å². The Morgan fingerprint density at radius 3 is 2.81 bits per heavy atom. The van der Waals surface area contributed by atoms with Crippen molar-refractivity contribution in [1.82, 2.24) is 14.7 Å². The SMILES string of the molecule is CC(=O)N1CCc2c(c(C)nn2C2CC2)C1. The number of amides is 1. The van der Waals surface area contributed by atoms with Crippen molar-refractivity contribution in [3.05, 3.63) is 17.0 Å². The van der Waals surface area contributed by atoms with E-state index in [0.29, 0.717) is 6.04 Å². The molecule has 2 heterocycles. The van der Waals surface area contributed by atoms with E-state index in [1.54, 1.807) is 6.92 Å². The first-order chi connectivity index (χ1) is 7.66. The zero-order chi connectivity index (χ0) is 11.3. The van der Waals surface area contributed by atoms with Gasteiger partial charge in [-0.15, -0.1) is 0 Å². The van der Waals surface area contributed by atoms with Gasteiger partial charge in [0.15, 0.2) is 0 Å². The number of aromatic nitrogens is 2. The maximum Gasteiger partial charge on any atom is 0.219 e. The van der Waals surface area contributed by atoms with Crippen molar-refractivity contribution in [2.24, 2.45) is 0 Å². The molecule has 1 fully saturated rings. The second-order valence-electron chi connectivity index (χ2n) is 4.88. The van der Waals surface area contributed by atoms with Crippen molar-refractivity contribution >= 4 is 5.91 Å². The molecule has 4 nitrogen and oxygen atoms in total. The van der Waals surface area contributed by atoms with E-state index in [1.807, 2.05) is 4.90 Å². The zero-order valence-electron chi connectivity index (χ0n) is 9.86. The second kappa shape index (κ2) is 3.34. The summed E-state index contributed by atoms with van der Waals surface area (Å²) in [5.41, 5.74) is 3.76. The smallest absolute Gasteiger partial charge is 0.219 e. The van der Waals surface area contributed by atoms with Crippen molar-refractivity contribution in [2.75, 3.05) is 6.54 Å². The number of rotatable bonds is 1. The summed E-state index contributed by atoms with van der Waals surface area (Å²) in [4.78, 5) is 13.3. The highest BCUT2D eigenvalue weighted by molar-refractivity contribution is 5.73. The number of carbonyl (C=O) groups excluding carboxylic acids is 1. The highest BCUT2D eigenvalue weighted by Gasteiger charge is 2.31. The van der Waals surface area contributed by atoms with Crippen LogP contribution in [0.4, 0.5) is 0 Å². The Hall–Kier alpha value is -1.32. The Morgan fingerprint density at radius 2 is 2.19 bits per heavy atom. The average molecular weight is 219 g/mol. The summed E-state index contributed by atoms with van der Waals surface area (Å²) < 4.78 is 2.21. The van der Waals surface area contributed by atoms with Gasteiger partial charge in [0.25, 0.3) is 0 Å². The van der Waals surface area contributed by atoms with Crippen LogP contribution in [0.5, 0.6) is 0 Å². The lowest BCUT2D eigenvalue weighted by molar-refractivity contribution is -0.129. The third-order valence-corrected chi connectivity index (χ3v) is 3.62. The van der Waals surface area contributed by atoms with E-state index in [-0.39, 0.29) is 5.91 Å². The summed E-state index contributed by atoms with van der Waals surface area (Å²) in [6, 6.07) is 0.645. The quantitative estimate of drug-likeness (QED) is 0.716. The topological polar surface area (TPSA) is 38.1 Å². The molecule has 0 bridgehead atoms. The van der Waals surface area contributed by atoms with Gasteiger partial charge in [-0.1, -0.05) is 0 Å². The van der Waals surface area contributed by atoms with Crippen molar-refractivity contribution in [3.63, 3.8) is 0 Å². The van der Waals surface area contributed by atoms with Crippen LogP contribution in [0.15, 0.2) is 0 Å². The Balaban J connectivity index is 1.95. The molecule has 4 heteroatoms. The van der Waals surface area contributed by atoms with Gasteiger partial charge in [0.2, 0.25) is 5.91 Å². The first-order valence-electron chi connectivity index (χ1n) is 5.99. The third-order valence-electron chi connectivity index (χ3n) is 3.62. The van der Waals surface area contributed by atoms with E-state index in [1.165, 1.54) is 24.1 Å². The predicted molar refractivity (Wildman–Crippen MR) is 60.0 cm³/mol. The van der Waals surface area contributed by atoms with Gasteiger partial charge in [-0.25, -0.2) is 0 Å². The molecular formula is C12H17N3O. The van der Waals surface area contributed by atoms with Gasteiger partial charge in [-0.2, -0.15) is 5.10 Å². The molecule has 1 aliphatic heterocycles. The maximum atomic E-state index is 11.4. The first kappa shape index (κ1) is 9.87. The summed E-state index contributed by atoms with van der Waals surface area (Å²) >= 11 is 0. The molecule has 16 heavy (non-hydrogen) atoms. The Labute approximate surface area is 95.2 Å². The lowest BCUT2D eigenvalue weighted by atomic mass is 10.1. The van der Waals surface area contributed by atoms with Crippen molar-refractivity contribution in [2.45, 2.75) is 45.7 Å². The second-order valence-corrected chi connectivity index (χ2v) is 4.88. The van der Waals surface area contributed by atoms with Crippen molar-refractivity contribution in [1.29, 1.82) is 0 Å². The molecule has 0 spiro atoms. The minimum Gasteiger partial charge on any atom is -0.338 e. The van der Waals surface area contributed by atoms with E-state index in [0.717, 1.165) is 25.2 Å². The van der Waals surface area contributed by atoms with Gasteiger partial charge in [0.05, 0.1) is 11.7 Å². The molecule has 1 aliphatic carbocycles. The summed E-state index contributed by atoms with van der Waals surface area (Å²) in [5, 5.41) is 4.63. The number of fused-ring (bicyclic) bond motifs is 1. The predicted octanol–water partition coefficient (Wildman–Crippen LogP) is 1.43. The largest absolute Gasteiger partial charge is 0.338 e. The summed E-state index contributed by atoms with van der Waals surface area (Å²) in [7, 11) is 0. The lowest BCUT2D eigenvalue weighted by Crippen LogP contribution is -2.34. The van der Waals surface area contributed by atoms with Gasteiger partial charge in [0.1, 0.15) is 0 Å². The van der Waals surface area contributed by atoms with E-state index in [2.05, 4.69) is 16.7 Å². The first-order valence-corrected chi connectivity index (χ1v) is 5.99. The molecule has 1 amide bonds. The van der Waals surface area contributed by atoms with Gasteiger partial charge < -0.3 is 4.90 Å². The molecule has 3 rings (SSSR count). The van der Waals surface area contributed by atoms with E-state index >= 15 is 0 Å². The Bertz CT molecular complexity index is 445. The normalized spacial score (nSPS) is 19.8. The highest BCUT2D eigenvalue weighted by Crippen LogP contribution is 2.37. The van der Waals surface area contributed by atoms with Crippen LogP contribution in [0.25, 0.3) is 0 Å². The molecule has 86 valence electrons.